The third kappa shape index (κ3) is 2.70. The van der Waals surface area contributed by atoms with Crippen LogP contribution in [0.1, 0.15) is 5.01 Å². The second kappa shape index (κ2) is 5.90. The van der Waals surface area contributed by atoms with Crippen LogP contribution in [0, 0.1) is 0 Å². The first-order chi connectivity index (χ1) is 9.78. The predicted molar refractivity (Wildman–Crippen MR) is 80.4 cm³/mol. The zero-order valence-corrected chi connectivity index (χ0v) is 12.1. The van der Waals surface area contributed by atoms with E-state index in [1.165, 1.54) is 11.8 Å². The van der Waals surface area contributed by atoms with E-state index in [4.69, 9.17) is 9.84 Å². The molecule has 2 aromatic rings. The van der Waals surface area contributed by atoms with Crippen molar-refractivity contribution in [3.8, 4) is 0 Å². The molecule has 20 heavy (non-hydrogen) atoms. The molecule has 1 aliphatic heterocycles. The van der Waals surface area contributed by atoms with Crippen molar-refractivity contribution in [2.45, 2.75) is 6.04 Å². The van der Waals surface area contributed by atoms with Gasteiger partial charge in [0, 0.05) is 5.75 Å². The molecule has 0 radical (unpaired) electrons. The van der Waals surface area contributed by atoms with E-state index in [1.807, 2.05) is 24.3 Å². The maximum atomic E-state index is 11.7. The molecule has 0 saturated heterocycles. The Hall–Kier alpha value is -1.44. The molecule has 0 aliphatic carbocycles. The summed E-state index contributed by atoms with van der Waals surface area (Å²) in [6, 6.07) is 7.41. The number of aliphatic hydroxyl groups excluding tert-OH is 1. The number of benzene rings is 1. The smallest absolute Gasteiger partial charge is 0.331 e. The molecule has 7 heteroatoms. The van der Waals surface area contributed by atoms with Crippen LogP contribution >= 0.6 is 23.1 Å². The van der Waals surface area contributed by atoms with Crippen LogP contribution in [0.25, 0.3) is 10.2 Å². The first kappa shape index (κ1) is 13.5. The summed E-state index contributed by atoms with van der Waals surface area (Å²) >= 11 is 3.09. The molecule has 0 spiro atoms. The Morgan fingerprint density at radius 3 is 3.10 bits per heavy atom. The molecule has 0 bridgehead atoms. The molecular formula is C13H12N2O3S2. The summed E-state index contributed by atoms with van der Waals surface area (Å²) in [5.74, 6) is 0.179. The zero-order chi connectivity index (χ0) is 13.9. The number of hydrogen-bond acceptors (Lipinski definition) is 7. The van der Waals surface area contributed by atoms with Crippen LogP contribution in [0.2, 0.25) is 0 Å². The molecule has 2 heterocycles. The number of hydrogen-bond donors (Lipinski definition) is 1. The molecule has 3 rings (SSSR count). The van der Waals surface area contributed by atoms with E-state index in [9.17, 15) is 4.79 Å². The maximum Gasteiger partial charge on any atom is 0.331 e. The Bertz CT molecular complexity index is 635. The van der Waals surface area contributed by atoms with E-state index < -0.39 is 6.04 Å². The Morgan fingerprint density at radius 1 is 1.45 bits per heavy atom. The van der Waals surface area contributed by atoms with E-state index in [2.05, 4.69) is 9.98 Å². The molecule has 104 valence electrons. The molecule has 5 nitrogen and oxygen atoms in total. The molecule has 1 atom stereocenters. The molecule has 0 saturated carbocycles. The lowest BCUT2D eigenvalue weighted by Crippen LogP contribution is -2.22. The van der Waals surface area contributed by atoms with Crippen molar-refractivity contribution in [3.63, 3.8) is 0 Å². The number of carbonyl (C=O) groups excluding carboxylic acids is 1. The van der Waals surface area contributed by atoms with Gasteiger partial charge >= 0.3 is 5.97 Å². The van der Waals surface area contributed by atoms with E-state index in [1.54, 1.807) is 11.3 Å². The normalized spacial score (nSPS) is 18.2. The third-order valence-corrected chi connectivity index (χ3v) is 4.96. The highest BCUT2D eigenvalue weighted by atomic mass is 32.2. The number of rotatable bonds is 4. The van der Waals surface area contributed by atoms with E-state index in [0.29, 0.717) is 5.75 Å². The molecule has 1 N–H and O–H groups in total. The van der Waals surface area contributed by atoms with Crippen LogP contribution in [-0.4, -0.2) is 46.1 Å². The van der Waals surface area contributed by atoms with Crippen molar-refractivity contribution in [1.29, 1.82) is 0 Å². The topological polar surface area (TPSA) is 71.8 Å². The Balaban J connectivity index is 1.79. The average molecular weight is 308 g/mol. The first-order valence-corrected chi connectivity index (χ1v) is 7.92. The number of ether oxygens (including phenoxy) is 1. The summed E-state index contributed by atoms with van der Waals surface area (Å²) in [6.45, 7) is -0.147. The molecule has 1 aliphatic rings. The third-order valence-electron chi connectivity index (χ3n) is 2.74. The van der Waals surface area contributed by atoms with Crippen LogP contribution in [-0.2, 0) is 9.53 Å². The zero-order valence-electron chi connectivity index (χ0n) is 10.5. The van der Waals surface area contributed by atoms with Crippen molar-refractivity contribution < 1.29 is 14.6 Å². The number of carbonyl (C=O) groups is 1. The highest BCUT2D eigenvalue weighted by molar-refractivity contribution is 8.15. The minimum atomic E-state index is -0.492. The lowest BCUT2D eigenvalue weighted by molar-refractivity contribution is -0.145. The first-order valence-electron chi connectivity index (χ1n) is 6.12. The number of fused-ring (bicyclic) bond motifs is 1. The fourth-order valence-corrected chi connectivity index (χ4v) is 3.87. The van der Waals surface area contributed by atoms with Crippen LogP contribution in [0.5, 0.6) is 0 Å². The van der Waals surface area contributed by atoms with Gasteiger partial charge in [-0.2, -0.15) is 0 Å². The van der Waals surface area contributed by atoms with Gasteiger partial charge in [0.25, 0.3) is 0 Å². The van der Waals surface area contributed by atoms with Crippen molar-refractivity contribution in [3.05, 3.63) is 29.3 Å². The quantitative estimate of drug-likeness (QED) is 0.870. The van der Waals surface area contributed by atoms with Gasteiger partial charge in [0.1, 0.15) is 16.7 Å². The molecule has 0 fully saturated rings. The van der Waals surface area contributed by atoms with Crippen molar-refractivity contribution in [1.82, 2.24) is 4.98 Å². The van der Waals surface area contributed by atoms with Crippen LogP contribution in [0.4, 0.5) is 0 Å². The number of aliphatic hydroxyl groups is 1. The summed E-state index contributed by atoms with van der Waals surface area (Å²) < 4.78 is 6.00. The van der Waals surface area contributed by atoms with Crippen molar-refractivity contribution >= 4 is 44.3 Å². The van der Waals surface area contributed by atoms with Crippen molar-refractivity contribution in [2.24, 2.45) is 4.99 Å². The van der Waals surface area contributed by atoms with E-state index >= 15 is 0 Å². The standard InChI is InChI=1S/C13H12N2O3S2/c16-5-6-18-13(17)9-7-19-11(15-9)12-14-8-3-1-2-4-10(8)20-12/h1-4,9,16H,5-7H2/t9-/m1/s1. The van der Waals surface area contributed by atoms with Crippen LogP contribution in [0.3, 0.4) is 0 Å². The Morgan fingerprint density at radius 2 is 2.30 bits per heavy atom. The van der Waals surface area contributed by atoms with E-state index in [0.717, 1.165) is 20.3 Å². The van der Waals surface area contributed by atoms with Crippen LogP contribution in [0.15, 0.2) is 29.3 Å². The van der Waals surface area contributed by atoms with Gasteiger partial charge in [0.15, 0.2) is 6.04 Å². The maximum absolute atomic E-state index is 11.7. The highest BCUT2D eigenvalue weighted by Gasteiger charge is 2.28. The lowest BCUT2D eigenvalue weighted by atomic mass is 10.3. The van der Waals surface area contributed by atoms with Gasteiger partial charge in [0.05, 0.1) is 16.8 Å². The summed E-state index contributed by atoms with van der Waals surface area (Å²) in [6.07, 6.45) is 0. The minimum Gasteiger partial charge on any atom is -0.462 e. The molecule has 0 amide bonds. The number of thioether (sulfide) groups is 1. The molecular weight excluding hydrogens is 296 g/mol. The van der Waals surface area contributed by atoms with Gasteiger partial charge in [-0.3, -0.25) is 4.99 Å². The molecule has 1 aromatic heterocycles. The number of nitrogens with zero attached hydrogens (tertiary/aromatic N) is 2. The lowest BCUT2D eigenvalue weighted by Gasteiger charge is -2.04. The fourth-order valence-electron chi connectivity index (χ4n) is 1.82. The molecule has 1 aromatic carbocycles. The second-order valence-corrected chi connectivity index (χ2v) is 6.18. The SMILES string of the molecule is O=C(OCCO)[C@H]1CSC(c2nc3ccccc3s2)=N1. The van der Waals surface area contributed by atoms with Gasteiger partial charge in [0.2, 0.25) is 0 Å². The second-order valence-electron chi connectivity index (χ2n) is 4.14. The fraction of sp³-hybridized carbons (Fsp3) is 0.308. The van der Waals surface area contributed by atoms with Crippen LogP contribution < -0.4 is 0 Å². The number of para-hydroxylation sites is 1. The average Bonchev–Trinajstić information content (AvgIpc) is 3.10. The Kier molecular flexibility index (Phi) is 4.00. The predicted octanol–water partition coefficient (Wildman–Crippen LogP) is 1.69. The number of aliphatic imine (C=N–C) groups is 1. The number of aromatic nitrogens is 1. The monoisotopic (exact) mass is 308 g/mol. The van der Waals surface area contributed by atoms with Crippen molar-refractivity contribution in [2.75, 3.05) is 19.0 Å². The number of thiazole rings is 1. The minimum absolute atomic E-state index is 0.0198. The summed E-state index contributed by atoms with van der Waals surface area (Å²) in [5, 5.41) is 10.3. The van der Waals surface area contributed by atoms with Gasteiger partial charge in [-0.1, -0.05) is 12.1 Å². The van der Waals surface area contributed by atoms with Gasteiger partial charge in [-0.15, -0.1) is 23.1 Å². The van der Waals surface area contributed by atoms with Gasteiger partial charge in [-0.25, -0.2) is 9.78 Å². The summed E-state index contributed by atoms with van der Waals surface area (Å²) in [7, 11) is 0. The molecule has 0 unspecified atom stereocenters. The summed E-state index contributed by atoms with van der Waals surface area (Å²) in [4.78, 5) is 20.6. The van der Waals surface area contributed by atoms with E-state index in [-0.39, 0.29) is 19.2 Å². The Labute approximate surface area is 123 Å². The largest absolute Gasteiger partial charge is 0.462 e. The van der Waals surface area contributed by atoms with Gasteiger partial charge < -0.3 is 9.84 Å². The van der Waals surface area contributed by atoms with Gasteiger partial charge in [-0.05, 0) is 12.1 Å². The summed E-state index contributed by atoms with van der Waals surface area (Å²) in [5.41, 5.74) is 0.946. The highest BCUT2D eigenvalue weighted by Crippen LogP contribution is 2.29. The number of esters is 1.